The summed E-state index contributed by atoms with van der Waals surface area (Å²) >= 11 is 0. The molecule has 1 heterocycles. The van der Waals surface area contributed by atoms with Gasteiger partial charge in [-0.05, 0) is 30.3 Å². The van der Waals surface area contributed by atoms with Crippen molar-refractivity contribution in [1.29, 1.82) is 0 Å². The van der Waals surface area contributed by atoms with Crippen molar-refractivity contribution in [2.45, 2.75) is 17.6 Å². The van der Waals surface area contributed by atoms with Gasteiger partial charge >= 0.3 is 6.18 Å². The number of hydrogen-bond donors (Lipinski definition) is 1. The maximum absolute atomic E-state index is 13.2. The number of methoxy groups -OCH3 is 2. The Morgan fingerprint density at radius 3 is 2.26 bits per heavy atom. The fourth-order valence-corrected chi connectivity index (χ4v) is 4.43. The normalized spacial score (nSPS) is 11.9. The largest absolute Gasteiger partial charge is 0.497 e. The third kappa shape index (κ3) is 6.08. The number of rotatable bonds is 9. The standard InChI is InChI=1S/C22H21F3N2O6S/c1-31-18-10-16(11-19(12-18)32-2)26-21(28)14-27(13-17-6-4-8-33-17)34(29,30)20-7-3-5-15(9-20)22(23,24)25/h3-12H,13-14H2,1-2H3,(H,26,28). The number of nitrogens with zero attached hydrogens (tertiary/aromatic N) is 1. The summed E-state index contributed by atoms with van der Waals surface area (Å²) in [6.45, 7) is -1.07. The maximum atomic E-state index is 13.2. The highest BCUT2D eigenvalue weighted by atomic mass is 32.2. The van der Waals surface area contributed by atoms with E-state index in [1.54, 1.807) is 6.07 Å². The fraction of sp³-hybridized carbons (Fsp3) is 0.227. The van der Waals surface area contributed by atoms with E-state index in [0.717, 1.165) is 22.5 Å². The van der Waals surface area contributed by atoms with Gasteiger partial charge in [0.2, 0.25) is 15.9 Å². The number of carbonyl (C=O) groups is 1. The minimum absolute atomic E-state index is 0.200. The summed E-state index contributed by atoms with van der Waals surface area (Å²) in [5, 5.41) is 2.54. The molecule has 0 radical (unpaired) electrons. The second-order valence-electron chi connectivity index (χ2n) is 7.03. The SMILES string of the molecule is COc1cc(NC(=O)CN(Cc2ccco2)S(=O)(=O)c2cccc(C(F)(F)F)c2)cc(OC)c1. The highest BCUT2D eigenvalue weighted by Crippen LogP contribution is 2.31. The van der Waals surface area contributed by atoms with Crippen LogP contribution in [0.3, 0.4) is 0 Å². The Bertz CT molecular complexity index is 1220. The van der Waals surface area contributed by atoms with Crippen LogP contribution in [-0.4, -0.2) is 39.4 Å². The van der Waals surface area contributed by atoms with Crippen LogP contribution in [0.1, 0.15) is 11.3 Å². The molecule has 1 amide bonds. The molecule has 34 heavy (non-hydrogen) atoms. The summed E-state index contributed by atoms with van der Waals surface area (Å²) in [6, 6.07) is 10.9. The van der Waals surface area contributed by atoms with Gasteiger partial charge in [-0.2, -0.15) is 17.5 Å². The van der Waals surface area contributed by atoms with Crippen LogP contribution in [0.25, 0.3) is 0 Å². The molecule has 1 N–H and O–H groups in total. The summed E-state index contributed by atoms with van der Waals surface area (Å²) in [7, 11) is -1.66. The third-order valence-electron chi connectivity index (χ3n) is 4.67. The second kappa shape index (κ2) is 10.2. The number of ether oxygens (including phenoxy) is 2. The summed E-state index contributed by atoms with van der Waals surface area (Å²) in [4.78, 5) is 12.1. The molecule has 3 rings (SSSR count). The number of sulfonamides is 1. The van der Waals surface area contributed by atoms with Crippen molar-refractivity contribution in [3.8, 4) is 11.5 Å². The molecule has 2 aromatic carbocycles. The molecule has 0 aliphatic rings. The van der Waals surface area contributed by atoms with Gasteiger partial charge in [0.25, 0.3) is 0 Å². The molecule has 1 aromatic heterocycles. The van der Waals surface area contributed by atoms with E-state index < -0.39 is 39.1 Å². The molecular weight excluding hydrogens is 477 g/mol. The van der Waals surface area contributed by atoms with Crippen molar-refractivity contribution in [2.75, 3.05) is 26.1 Å². The predicted octanol–water partition coefficient (Wildman–Crippen LogP) is 4.15. The number of halogens is 3. The lowest BCUT2D eigenvalue weighted by Gasteiger charge is -2.21. The predicted molar refractivity (Wildman–Crippen MR) is 116 cm³/mol. The number of furan rings is 1. The van der Waals surface area contributed by atoms with Gasteiger partial charge in [-0.1, -0.05) is 6.07 Å². The molecule has 3 aromatic rings. The molecule has 8 nitrogen and oxygen atoms in total. The van der Waals surface area contributed by atoms with Gasteiger partial charge in [0, 0.05) is 23.9 Å². The van der Waals surface area contributed by atoms with E-state index in [2.05, 4.69) is 5.32 Å². The molecule has 0 saturated heterocycles. The van der Waals surface area contributed by atoms with E-state index in [1.165, 1.54) is 44.7 Å². The zero-order chi connectivity index (χ0) is 24.9. The molecule has 182 valence electrons. The molecule has 0 bridgehead atoms. The smallest absolute Gasteiger partial charge is 0.416 e. The van der Waals surface area contributed by atoms with Gasteiger partial charge in [-0.3, -0.25) is 4.79 Å². The molecular formula is C22H21F3N2O6S. The first-order chi connectivity index (χ1) is 16.0. The van der Waals surface area contributed by atoms with Crippen molar-refractivity contribution in [3.05, 3.63) is 72.2 Å². The van der Waals surface area contributed by atoms with Crippen molar-refractivity contribution in [1.82, 2.24) is 4.31 Å². The maximum Gasteiger partial charge on any atom is 0.416 e. The average Bonchev–Trinajstić information content (AvgIpc) is 3.31. The highest BCUT2D eigenvalue weighted by molar-refractivity contribution is 7.89. The highest BCUT2D eigenvalue weighted by Gasteiger charge is 2.34. The average molecular weight is 498 g/mol. The van der Waals surface area contributed by atoms with E-state index in [-0.39, 0.29) is 18.0 Å². The van der Waals surface area contributed by atoms with Gasteiger partial charge in [0.15, 0.2) is 0 Å². The molecule has 0 fully saturated rings. The van der Waals surface area contributed by atoms with Crippen LogP contribution < -0.4 is 14.8 Å². The molecule has 0 saturated carbocycles. The molecule has 0 spiro atoms. The molecule has 0 aliphatic carbocycles. The van der Waals surface area contributed by atoms with Crippen LogP contribution in [0.15, 0.2) is 70.2 Å². The van der Waals surface area contributed by atoms with Crippen LogP contribution in [0.5, 0.6) is 11.5 Å². The summed E-state index contributed by atoms with van der Waals surface area (Å²) < 4.78 is 82.0. The Labute approximate surface area is 193 Å². The monoisotopic (exact) mass is 498 g/mol. The molecule has 0 unspecified atom stereocenters. The Kier molecular flexibility index (Phi) is 7.52. The van der Waals surface area contributed by atoms with Crippen LogP contribution in [0.4, 0.5) is 18.9 Å². The summed E-state index contributed by atoms with van der Waals surface area (Å²) in [5.74, 6) is 0.237. The minimum Gasteiger partial charge on any atom is -0.497 e. The lowest BCUT2D eigenvalue weighted by atomic mass is 10.2. The topological polar surface area (TPSA) is 98.1 Å². The third-order valence-corrected chi connectivity index (χ3v) is 6.45. The van der Waals surface area contributed by atoms with E-state index in [9.17, 15) is 26.4 Å². The van der Waals surface area contributed by atoms with Gasteiger partial charge in [0.1, 0.15) is 17.3 Å². The number of nitrogens with one attached hydrogen (secondary N) is 1. The molecule has 0 aliphatic heterocycles. The lowest BCUT2D eigenvalue weighted by Crippen LogP contribution is -2.37. The fourth-order valence-electron chi connectivity index (χ4n) is 3.02. The van der Waals surface area contributed by atoms with Crippen molar-refractivity contribution in [2.24, 2.45) is 0 Å². The number of alkyl halides is 3. The molecule has 12 heteroatoms. The van der Waals surface area contributed by atoms with E-state index in [4.69, 9.17) is 13.9 Å². The van der Waals surface area contributed by atoms with E-state index in [1.807, 2.05) is 0 Å². The summed E-state index contributed by atoms with van der Waals surface area (Å²) in [5.41, 5.74) is -0.852. The van der Waals surface area contributed by atoms with E-state index in [0.29, 0.717) is 17.6 Å². The molecule has 0 atom stereocenters. The minimum atomic E-state index is -4.74. The zero-order valence-corrected chi connectivity index (χ0v) is 18.9. The Balaban J connectivity index is 1.90. The first kappa shape index (κ1) is 25.1. The van der Waals surface area contributed by atoms with Gasteiger partial charge in [-0.25, -0.2) is 8.42 Å². The van der Waals surface area contributed by atoms with Gasteiger partial charge in [0.05, 0.1) is 44.0 Å². The first-order valence-corrected chi connectivity index (χ1v) is 11.2. The first-order valence-electron chi connectivity index (χ1n) is 9.75. The lowest BCUT2D eigenvalue weighted by molar-refractivity contribution is -0.137. The van der Waals surface area contributed by atoms with Crippen LogP contribution in [0.2, 0.25) is 0 Å². The second-order valence-corrected chi connectivity index (χ2v) is 8.97. The van der Waals surface area contributed by atoms with Crippen LogP contribution in [0, 0.1) is 0 Å². The van der Waals surface area contributed by atoms with Crippen LogP contribution >= 0.6 is 0 Å². The van der Waals surface area contributed by atoms with Crippen molar-refractivity contribution < 1.29 is 40.3 Å². The number of anilines is 1. The van der Waals surface area contributed by atoms with Gasteiger partial charge in [-0.15, -0.1) is 0 Å². The van der Waals surface area contributed by atoms with Gasteiger partial charge < -0.3 is 19.2 Å². The quantitative estimate of drug-likeness (QED) is 0.476. The van der Waals surface area contributed by atoms with Crippen LogP contribution in [-0.2, 0) is 27.5 Å². The Hall–Kier alpha value is -3.51. The van der Waals surface area contributed by atoms with Crippen molar-refractivity contribution >= 4 is 21.6 Å². The number of carbonyl (C=O) groups excluding carboxylic acids is 1. The Morgan fingerprint density at radius 1 is 1.03 bits per heavy atom. The Morgan fingerprint density at radius 2 is 1.71 bits per heavy atom. The zero-order valence-electron chi connectivity index (χ0n) is 18.1. The number of amides is 1. The van der Waals surface area contributed by atoms with Crippen molar-refractivity contribution in [3.63, 3.8) is 0 Å². The summed E-state index contributed by atoms with van der Waals surface area (Å²) in [6.07, 6.45) is -3.42. The number of benzene rings is 2. The number of hydrogen-bond acceptors (Lipinski definition) is 6. The van der Waals surface area contributed by atoms with E-state index >= 15 is 0 Å².